The van der Waals surface area contributed by atoms with Gasteiger partial charge in [0.05, 0.1) is 11.4 Å². The van der Waals surface area contributed by atoms with Crippen molar-refractivity contribution in [2.45, 2.75) is 39.0 Å². The summed E-state index contributed by atoms with van der Waals surface area (Å²) in [5, 5.41) is 3.51. The van der Waals surface area contributed by atoms with E-state index >= 15 is 0 Å². The van der Waals surface area contributed by atoms with Crippen LogP contribution in [-0.2, 0) is 0 Å². The van der Waals surface area contributed by atoms with Crippen molar-refractivity contribution in [2.24, 2.45) is 0 Å². The van der Waals surface area contributed by atoms with Gasteiger partial charge in [0.2, 0.25) is 0 Å². The molecule has 1 N–H and O–H groups in total. The highest BCUT2D eigenvalue weighted by molar-refractivity contribution is 5.80. The predicted octanol–water partition coefficient (Wildman–Crippen LogP) is 3.57. The number of hydrogen-bond acceptors (Lipinski definition) is 2. The van der Waals surface area contributed by atoms with Crippen molar-refractivity contribution in [3.8, 4) is 0 Å². The summed E-state index contributed by atoms with van der Waals surface area (Å²) < 4.78 is 0. The Hall–Kier alpha value is -1.31. The number of nitrogens with one attached hydrogen (secondary N) is 1. The number of anilines is 1. The Morgan fingerprint density at radius 2 is 2.19 bits per heavy atom. The van der Waals surface area contributed by atoms with Crippen LogP contribution >= 0.6 is 0 Å². The summed E-state index contributed by atoms with van der Waals surface area (Å²) in [5.41, 5.74) is 6.88. The van der Waals surface area contributed by atoms with Gasteiger partial charge in [0, 0.05) is 12.7 Å². The number of pyridine rings is 1. The zero-order valence-electron chi connectivity index (χ0n) is 10.0. The molecular formula is C14H18N2. The molecule has 0 saturated heterocycles. The van der Waals surface area contributed by atoms with Gasteiger partial charge >= 0.3 is 0 Å². The van der Waals surface area contributed by atoms with E-state index in [1.54, 1.807) is 5.57 Å². The fraction of sp³-hybridized carbons (Fsp3) is 0.500. The van der Waals surface area contributed by atoms with Crippen molar-refractivity contribution in [1.29, 1.82) is 0 Å². The maximum absolute atomic E-state index is 4.66. The Morgan fingerprint density at radius 3 is 3.00 bits per heavy atom. The molecule has 1 aromatic rings. The van der Waals surface area contributed by atoms with Crippen molar-refractivity contribution in [1.82, 2.24) is 4.98 Å². The van der Waals surface area contributed by atoms with Crippen molar-refractivity contribution >= 4 is 11.3 Å². The van der Waals surface area contributed by atoms with E-state index in [1.807, 2.05) is 6.20 Å². The summed E-state index contributed by atoms with van der Waals surface area (Å²) >= 11 is 0. The maximum Gasteiger partial charge on any atom is 0.0893 e. The first-order chi connectivity index (χ1) is 7.75. The lowest BCUT2D eigenvalue weighted by Gasteiger charge is -2.21. The highest BCUT2D eigenvalue weighted by atomic mass is 14.9. The fourth-order valence-corrected chi connectivity index (χ4v) is 2.66. The van der Waals surface area contributed by atoms with Gasteiger partial charge in [-0.1, -0.05) is 13.8 Å². The zero-order valence-corrected chi connectivity index (χ0v) is 10.0. The summed E-state index contributed by atoms with van der Waals surface area (Å²) in [6.07, 6.45) is 5.83. The van der Waals surface area contributed by atoms with Gasteiger partial charge < -0.3 is 5.32 Å². The molecule has 84 valence electrons. The van der Waals surface area contributed by atoms with Crippen LogP contribution in [0.25, 0.3) is 5.57 Å². The lowest BCUT2D eigenvalue weighted by Crippen LogP contribution is -2.13. The highest BCUT2D eigenvalue weighted by Crippen LogP contribution is 2.39. The van der Waals surface area contributed by atoms with E-state index in [1.165, 1.54) is 41.8 Å². The smallest absolute Gasteiger partial charge is 0.0893 e. The molecule has 0 bridgehead atoms. The van der Waals surface area contributed by atoms with Crippen molar-refractivity contribution in [3.63, 3.8) is 0 Å². The molecule has 0 amide bonds. The van der Waals surface area contributed by atoms with Gasteiger partial charge in [-0.05, 0) is 48.0 Å². The van der Waals surface area contributed by atoms with E-state index in [9.17, 15) is 0 Å². The molecular weight excluding hydrogens is 196 g/mol. The Bertz CT molecular complexity index is 458. The van der Waals surface area contributed by atoms with Gasteiger partial charge in [0.25, 0.3) is 0 Å². The minimum Gasteiger partial charge on any atom is -0.380 e. The molecule has 0 aromatic carbocycles. The molecule has 2 heterocycles. The van der Waals surface area contributed by atoms with Crippen LogP contribution < -0.4 is 5.32 Å². The molecule has 16 heavy (non-hydrogen) atoms. The summed E-state index contributed by atoms with van der Waals surface area (Å²) in [6.45, 7) is 5.46. The lowest BCUT2D eigenvalue weighted by molar-refractivity contribution is 0.856. The van der Waals surface area contributed by atoms with Gasteiger partial charge in [0.1, 0.15) is 0 Å². The molecule has 0 atom stereocenters. The van der Waals surface area contributed by atoms with Gasteiger partial charge in [-0.3, -0.25) is 4.98 Å². The van der Waals surface area contributed by atoms with Crippen LogP contribution in [0.5, 0.6) is 0 Å². The third kappa shape index (κ3) is 1.44. The number of rotatable bonds is 1. The highest BCUT2D eigenvalue weighted by Gasteiger charge is 2.23. The summed E-state index contributed by atoms with van der Waals surface area (Å²) in [4.78, 5) is 4.66. The monoisotopic (exact) mass is 214 g/mol. The van der Waals surface area contributed by atoms with Gasteiger partial charge in [-0.25, -0.2) is 0 Å². The molecule has 0 fully saturated rings. The van der Waals surface area contributed by atoms with E-state index in [2.05, 4.69) is 30.2 Å². The fourth-order valence-electron chi connectivity index (χ4n) is 2.66. The first-order valence-electron chi connectivity index (χ1n) is 6.21. The average Bonchev–Trinajstić information content (AvgIpc) is 2.76. The Kier molecular flexibility index (Phi) is 2.23. The third-order valence-electron chi connectivity index (χ3n) is 3.69. The Balaban J connectivity index is 2.07. The lowest BCUT2D eigenvalue weighted by atomic mass is 9.98. The number of fused-ring (bicyclic) bond motifs is 2. The maximum atomic E-state index is 4.66. The first-order valence-corrected chi connectivity index (χ1v) is 6.21. The molecule has 0 saturated carbocycles. The zero-order chi connectivity index (χ0) is 11.1. The van der Waals surface area contributed by atoms with E-state index in [4.69, 9.17) is 0 Å². The SMILES string of the molecule is CC(C)c1cnc2c(c1)NCC1=C2CCC1. The largest absolute Gasteiger partial charge is 0.380 e. The summed E-state index contributed by atoms with van der Waals surface area (Å²) in [7, 11) is 0. The second-order valence-electron chi connectivity index (χ2n) is 5.11. The van der Waals surface area contributed by atoms with Crippen molar-refractivity contribution in [3.05, 3.63) is 29.1 Å². The van der Waals surface area contributed by atoms with Crippen LogP contribution in [0, 0.1) is 0 Å². The standard InChI is InChI=1S/C14H18N2/c1-9(2)11-6-13-14(16-8-11)12-5-3-4-10(12)7-15-13/h6,8-9,15H,3-5,7H2,1-2H3. The molecule has 2 nitrogen and oxygen atoms in total. The molecule has 1 aliphatic heterocycles. The van der Waals surface area contributed by atoms with Crippen molar-refractivity contribution < 1.29 is 0 Å². The molecule has 3 rings (SSSR count). The van der Waals surface area contributed by atoms with Gasteiger partial charge in [0.15, 0.2) is 0 Å². The summed E-state index contributed by atoms with van der Waals surface area (Å²) in [5.74, 6) is 0.554. The van der Waals surface area contributed by atoms with E-state index < -0.39 is 0 Å². The molecule has 1 aliphatic carbocycles. The molecule has 0 spiro atoms. The average molecular weight is 214 g/mol. The van der Waals surface area contributed by atoms with Crippen LogP contribution in [-0.4, -0.2) is 11.5 Å². The minimum absolute atomic E-state index is 0.554. The quantitative estimate of drug-likeness (QED) is 0.773. The van der Waals surface area contributed by atoms with Crippen LogP contribution in [0.1, 0.15) is 50.3 Å². The number of allylic oxidation sites excluding steroid dienone is 1. The molecule has 1 aromatic heterocycles. The normalized spacial score (nSPS) is 18.4. The van der Waals surface area contributed by atoms with E-state index in [-0.39, 0.29) is 0 Å². The molecule has 0 radical (unpaired) electrons. The Morgan fingerprint density at radius 1 is 1.31 bits per heavy atom. The van der Waals surface area contributed by atoms with Crippen LogP contribution in [0.3, 0.4) is 0 Å². The number of nitrogens with zero attached hydrogens (tertiary/aromatic N) is 1. The number of hydrogen-bond donors (Lipinski definition) is 1. The number of aromatic nitrogens is 1. The second-order valence-corrected chi connectivity index (χ2v) is 5.11. The molecule has 2 heteroatoms. The topological polar surface area (TPSA) is 24.9 Å². The first kappa shape index (κ1) is 9.88. The van der Waals surface area contributed by atoms with E-state index in [0.29, 0.717) is 5.92 Å². The van der Waals surface area contributed by atoms with Gasteiger partial charge in [-0.15, -0.1) is 0 Å². The van der Waals surface area contributed by atoms with Crippen LogP contribution in [0.15, 0.2) is 17.8 Å². The minimum atomic E-state index is 0.554. The van der Waals surface area contributed by atoms with Gasteiger partial charge in [-0.2, -0.15) is 0 Å². The predicted molar refractivity (Wildman–Crippen MR) is 67.6 cm³/mol. The van der Waals surface area contributed by atoms with Crippen LogP contribution in [0.4, 0.5) is 5.69 Å². The van der Waals surface area contributed by atoms with E-state index in [0.717, 1.165) is 6.54 Å². The third-order valence-corrected chi connectivity index (χ3v) is 3.69. The second kappa shape index (κ2) is 3.62. The summed E-state index contributed by atoms with van der Waals surface area (Å²) in [6, 6.07) is 2.27. The molecule has 2 aliphatic rings. The Labute approximate surface area is 96.8 Å². The molecule has 0 unspecified atom stereocenters. The van der Waals surface area contributed by atoms with Crippen molar-refractivity contribution in [2.75, 3.05) is 11.9 Å². The van der Waals surface area contributed by atoms with Crippen LogP contribution in [0.2, 0.25) is 0 Å².